The summed E-state index contributed by atoms with van der Waals surface area (Å²) in [5.41, 5.74) is 0.642. The average Bonchev–Trinajstić information content (AvgIpc) is 2.87. The van der Waals surface area contributed by atoms with Crippen molar-refractivity contribution in [3.8, 4) is 0 Å². The summed E-state index contributed by atoms with van der Waals surface area (Å²) in [4.78, 5) is 11.5. The van der Waals surface area contributed by atoms with Crippen molar-refractivity contribution in [2.45, 2.75) is 50.9 Å². The topological polar surface area (TPSA) is 78.9 Å². The van der Waals surface area contributed by atoms with E-state index in [0.717, 1.165) is 18.5 Å². The normalized spacial score (nSPS) is 19.2. The van der Waals surface area contributed by atoms with Gasteiger partial charge in [0.1, 0.15) is 11.1 Å². The third-order valence-corrected chi connectivity index (χ3v) is 3.44. The number of aromatic amines is 1. The summed E-state index contributed by atoms with van der Waals surface area (Å²) in [5, 5.41) is 20.2. The van der Waals surface area contributed by atoms with Gasteiger partial charge in [-0.15, -0.1) is 0 Å². The lowest BCUT2D eigenvalue weighted by Crippen LogP contribution is -2.34. The number of hydrogen-bond acceptors (Lipinski definition) is 3. The second-order valence-electron chi connectivity index (χ2n) is 4.81. The molecule has 0 atom stereocenters. The molecule has 1 aromatic rings. The molecule has 0 spiro atoms. The van der Waals surface area contributed by atoms with E-state index in [-0.39, 0.29) is 5.92 Å². The number of hydrogen-bond donors (Lipinski definition) is 2. The molecule has 0 aromatic carbocycles. The predicted octanol–water partition coefficient (Wildman–Crippen LogP) is 1.82. The van der Waals surface area contributed by atoms with Gasteiger partial charge in [-0.1, -0.05) is 26.7 Å². The highest BCUT2D eigenvalue weighted by molar-refractivity contribution is 5.81. The second kappa shape index (κ2) is 3.88. The van der Waals surface area contributed by atoms with Crippen LogP contribution in [0.1, 0.15) is 56.8 Å². The quantitative estimate of drug-likeness (QED) is 0.819. The van der Waals surface area contributed by atoms with E-state index in [9.17, 15) is 9.90 Å². The van der Waals surface area contributed by atoms with Crippen molar-refractivity contribution in [2.75, 3.05) is 0 Å². The van der Waals surface area contributed by atoms with Crippen LogP contribution < -0.4 is 0 Å². The third kappa shape index (κ3) is 1.50. The molecule has 88 valence electrons. The lowest BCUT2D eigenvalue weighted by atomic mass is 9.80. The van der Waals surface area contributed by atoms with Gasteiger partial charge in [-0.05, 0) is 18.8 Å². The molecule has 1 aromatic heterocycles. The Morgan fingerprint density at radius 1 is 1.38 bits per heavy atom. The van der Waals surface area contributed by atoms with E-state index in [1.165, 1.54) is 0 Å². The maximum Gasteiger partial charge on any atom is 0.315 e. The zero-order chi connectivity index (χ0) is 11.8. The van der Waals surface area contributed by atoms with Crippen molar-refractivity contribution in [3.05, 3.63) is 11.4 Å². The summed E-state index contributed by atoms with van der Waals surface area (Å²) >= 11 is 0. The van der Waals surface area contributed by atoms with Crippen LogP contribution in [0, 0.1) is 0 Å². The molecule has 0 unspecified atom stereocenters. The van der Waals surface area contributed by atoms with Gasteiger partial charge in [0.25, 0.3) is 0 Å². The van der Waals surface area contributed by atoms with E-state index in [0.29, 0.717) is 18.5 Å². The zero-order valence-corrected chi connectivity index (χ0v) is 9.66. The van der Waals surface area contributed by atoms with E-state index in [1.54, 1.807) is 0 Å². The zero-order valence-electron chi connectivity index (χ0n) is 9.66. The fraction of sp³-hybridized carbons (Fsp3) is 0.727. The first-order valence-corrected chi connectivity index (χ1v) is 5.72. The smallest absolute Gasteiger partial charge is 0.315 e. The van der Waals surface area contributed by atoms with Gasteiger partial charge >= 0.3 is 5.97 Å². The van der Waals surface area contributed by atoms with Crippen molar-refractivity contribution >= 4 is 5.97 Å². The number of nitrogens with one attached hydrogen (secondary N) is 1. The Morgan fingerprint density at radius 3 is 2.50 bits per heavy atom. The van der Waals surface area contributed by atoms with E-state index < -0.39 is 11.4 Å². The monoisotopic (exact) mass is 223 g/mol. The molecule has 16 heavy (non-hydrogen) atoms. The number of H-pyrrole nitrogens is 1. The molecule has 0 radical (unpaired) electrons. The number of nitrogens with zero attached hydrogens (tertiary/aromatic N) is 2. The molecule has 0 bridgehead atoms. The largest absolute Gasteiger partial charge is 0.481 e. The molecule has 2 N–H and O–H groups in total. The minimum absolute atomic E-state index is 0.200. The Labute approximate surface area is 94.3 Å². The predicted molar refractivity (Wildman–Crippen MR) is 58.3 cm³/mol. The molecule has 5 heteroatoms. The first kappa shape index (κ1) is 11.1. The first-order chi connectivity index (χ1) is 7.58. The van der Waals surface area contributed by atoms with Crippen LogP contribution in [0.3, 0.4) is 0 Å². The van der Waals surface area contributed by atoms with Gasteiger partial charge in [0.2, 0.25) is 0 Å². The van der Waals surface area contributed by atoms with Crippen molar-refractivity contribution in [3.63, 3.8) is 0 Å². The maximum atomic E-state index is 11.5. The summed E-state index contributed by atoms with van der Waals surface area (Å²) < 4.78 is 0. The van der Waals surface area contributed by atoms with Gasteiger partial charge in [-0.25, -0.2) is 0 Å². The number of rotatable bonds is 3. The van der Waals surface area contributed by atoms with Crippen LogP contribution in [0.4, 0.5) is 0 Å². The number of aliphatic carboxylic acids is 1. The van der Waals surface area contributed by atoms with Gasteiger partial charge in [-0.3, -0.25) is 4.79 Å². The van der Waals surface area contributed by atoms with Gasteiger partial charge in [0.15, 0.2) is 0 Å². The van der Waals surface area contributed by atoms with Crippen LogP contribution in [0.2, 0.25) is 0 Å². The molecular weight excluding hydrogens is 206 g/mol. The number of carboxylic acid groups (broad SMARTS) is 1. The lowest BCUT2D eigenvalue weighted by Gasteiger charge is -2.22. The maximum absolute atomic E-state index is 11.5. The molecule has 1 saturated carbocycles. The van der Waals surface area contributed by atoms with E-state index in [4.69, 9.17) is 0 Å². The number of carbonyl (C=O) groups is 1. The summed E-state index contributed by atoms with van der Waals surface area (Å²) in [7, 11) is 0. The highest BCUT2D eigenvalue weighted by atomic mass is 16.4. The Bertz CT molecular complexity index is 392. The Hall–Kier alpha value is -1.39. The van der Waals surface area contributed by atoms with Crippen LogP contribution in [0.15, 0.2) is 0 Å². The van der Waals surface area contributed by atoms with Crippen molar-refractivity contribution in [2.24, 2.45) is 0 Å². The third-order valence-electron chi connectivity index (χ3n) is 3.44. The molecule has 0 amide bonds. The van der Waals surface area contributed by atoms with E-state index >= 15 is 0 Å². The Kier molecular flexibility index (Phi) is 2.69. The number of aromatic nitrogens is 3. The van der Waals surface area contributed by atoms with Crippen LogP contribution in [0.25, 0.3) is 0 Å². The Balaban J connectivity index is 2.47. The first-order valence-electron chi connectivity index (χ1n) is 5.72. The number of carboxylic acids is 1. The molecule has 1 heterocycles. The SMILES string of the molecule is CC(C)c1n[nH]nc1C1(C(=O)O)CCCC1. The molecule has 1 aliphatic rings. The highest BCUT2D eigenvalue weighted by Gasteiger charge is 2.47. The highest BCUT2D eigenvalue weighted by Crippen LogP contribution is 2.42. The molecule has 1 aliphatic carbocycles. The van der Waals surface area contributed by atoms with Gasteiger partial charge in [0, 0.05) is 0 Å². The average molecular weight is 223 g/mol. The van der Waals surface area contributed by atoms with Crippen molar-refractivity contribution in [1.82, 2.24) is 15.4 Å². The van der Waals surface area contributed by atoms with Crippen molar-refractivity contribution < 1.29 is 9.90 Å². The minimum Gasteiger partial charge on any atom is -0.481 e. The summed E-state index contributed by atoms with van der Waals surface area (Å²) in [5.74, 6) is -0.564. The fourth-order valence-electron chi connectivity index (χ4n) is 2.52. The second-order valence-corrected chi connectivity index (χ2v) is 4.81. The summed E-state index contributed by atoms with van der Waals surface area (Å²) in [6, 6.07) is 0. The van der Waals surface area contributed by atoms with E-state index in [2.05, 4.69) is 15.4 Å². The molecule has 5 nitrogen and oxygen atoms in total. The van der Waals surface area contributed by atoms with Crippen LogP contribution in [0.5, 0.6) is 0 Å². The van der Waals surface area contributed by atoms with Crippen LogP contribution in [-0.2, 0) is 10.2 Å². The van der Waals surface area contributed by atoms with Gasteiger partial charge in [0.05, 0.1) is 5.69 Å². The molecule has 2 rings (SSSR count). The molecular formula is C11H17N3O2. The Morgan fingerprint density at radius 2 is 2.00 bits per heavy atom. The lowest BCUT2D eigenvalue weighted by molar-refractivity contribution is -0.143. The van der Waals surface area contributed by atoms with Crippen molar-refractivity contribution in [1.29, 1.82) is 0 Å². The molecule has 1 fully saturated rings. The minimum atomic E-state index is -0.799. The standard InChI is InChI=1S/C11H17N3O2/c1-7(2)8-9(13-14-12-8)11(10(15)16)5-3-4-6-11/h7H,3-6H2,1-2H3,(H,15,16)(H,12,13,14). The molecule has 0 aliphatic heterocycles. The summed E-state index contributed by atoms with van der Waals surface area (Å²) in [6.07, 6.45) is 3.26. The van der Waals surface area contributed by atoms with Crippen LogP contribution in [-0.4, -0.2) is 26.5 Å². The summed E-state index contributed by atoms with van der Waals surface area (Å²) in [6.45, 7) is 4.01. The van der Waals surface area contributed by atoms with Gasteiger partial charge in [-0.2, -0.15) is 15.4 Å². The van der Waals surface area contributed by atoms with Crippen LogP contribution >= 0.6 is 0 Å². The van der Waals surface area contributed by atoms with Gasteiger partial charge < -0.3 is 5.11 Å². The van der Waals surface area contributed by atoms with E-state index in [1.807, 2.05) is 13.8 Å². The molecule has 0 saturated heterocycles. The fourth-order valence-corrected chi connectivity index (χ4v) is 2.52.